The molecular weight excluding hydrogens is 212 g/mol. The summed E-state index contributed by atoms with van der Waals surface area (Å²) in [6.07, 6.45) is 2.51. The Kier molecular flexibility index (Phi) is 9.79. The van der Waals surface area contributed by atoms with Crippen LogP contribution >= 0.6 is 0 Å². The van der Waals surface area contributed by atoms with Gasteiger partial charge in [0.05, 0.1) is 6.61 Å². The molecule has 1 N–H and O–H groups in total. The normalized spacial score (nSPS) is 15.5. The molecule has 2 atom stereocenters. The van der Waals surface area contributed by atoms with Crippen molar-refractivity contribution in [2.45, 2.75) is 65.6 Å². The van der Waals surface area contributed by atoms with Gasteiger partial charge in [-0.25, -0.2) is 0 Å². The number of nitrogens with one attached hydrogen (secondary N) is 1. The fourth-order valence-electron chi connectivity index (χ4n) is 2.21. The molecule has 0 aromatic heterocycles. The van der Waals surface area contributed by atoms with Gasteiger partial charge in [0.1, 0.15) is 0 Å². The van der Waals surface area contributed by atoms with Crippen molar-refractivity contribution in [3.8, 4) is 0 Å². The van der Waals surface area contributed by atoms with E-state index in [4.69, 9.17) is 4.74 Å². The average Bonchev–Trinajstić information content (AvgIpc) is 2.27. The van der Waals surface area contributed by atoms with Gasteiger partial charge in [-0.1, -0.05) is 13.3 Å². The molecule has 0 amide bonds. The van der Waals surface area contributed by atoms with E-state index in [1.807, 2.05) is 0 Å². The zero-order chi connectivity index (χ0) is 13.3. The van der Waals surface area contributed by atoms with E-state index in [0.717, 1.165) is 19.7 Å². The van der Waals surface area contributed by atoms with Crippen LogP contribution in [0.4, 0.5) is 0 Å². The Balaban J connectivity index is 4.00. The average molecular weight is 244 g/mol. The van der Waals surface area contributed by atoms with Crippen molar-refractivity contribution in [3.05, 3.63) is 0 Å². The van der Waals surface area contributed by atoms with Gasteiger partial charge >= 0.3 is 0 Å². The van der Waals surface area contributed by atoms with E-state index in [2.05, 4.69) is 44.8 Å². The summed E-state index contributed by atoms with van der Waals surface area (Å²) in [7, 11) is 1.77. The molecule has 0 saturated heterocycles. The summed E-state index contributed by atoms with van der Waals surface area (Å²) in [6, 6.07) is 1.76. The molecule has 0 radical (unpaired) electrons. The standard InChI is InChI=1S/C14H32N2O/c1-7-8-13(4)15-11-14(5)16(12(2)3)9-10-17-6/h12-15H,7-11H2,1-6H3. The predicted molar refractivity (Wildman–Crippen MR) is 75.6 cm³/mol. The van der Waals surface area contributed by atoms with Crippen LogP contribution in [0.5, 0.6) is 0 Å². The molecule has 0 heterocycles. The highest BCUT2D eigenvalue weighted by Gasteiger charge is 2.16. The molecule has 104 valence electrons. The van der Waals surface area contributed by atoms with Gasteiger partial charge in [-0.2, -0.15) is 0 Å². The molecule has 0 aliphatic carbocycles. The number of hydrogen-bond donors (Lipinski definition) is 1. The van der Waals surface area contributed by atoms with Gasteiger partial charge in [0, 0.05) is 38.3 Å². The molecule has 17 heavy (non-hydrogen) atoms. The summed E-state index contributed by atoms with van der Waals surface area (Å²) in [6.45, 7) is 14.2. The SMILES string of the molecule is CCCC(C)NCC(C)N(CCOC)C(C)C. The van der Waals surface area contributed by atoms with Gasteiger partial charge in [0.15, 0.2) is 0 Å². The fourth-order valence-corrected chi connectivity index (χ4v) is 2.21. The van der Waals surface area contributed by atoms with Gasteiger partial charge in [-0.15, -0.1) is 0 Å². The van der Waals surface area contributed by atoms with E-state index in [9.17, 15) is 0 Å². The minimum absolute atomic E-state index is 0.560. The first-order valence-corrected chi connectivity index (χ1v) is 7.00. The summed E-state index contributed by atoms with van der Waals surface area (Å²) < 4.78 is 5.17. The third-order valence-corrected chi connectivity index (χ3v) is 3.27. The minimum atomic E-state index is 0.560. The second-order valence-electron chi connectivity index (χ2n) is 5.27. The third-order valence-electron chi connectivity index (χ3n) is 3.27. The minimum Gasteiger partial charge on any atom is -0.383 e. The van der Waals surface area contributed by atoms with Crippen molar-refractivity contribution in [1.29, 1.82) is 0 Å². The monoisotopic (exact) mass is 244 g/mol. The van der Waals surface area contributed by atoms with E-state index in [0.29, 0.717) is 18.1 Å². The van der Waals surface area contributed by atoms with E-state index in [1.54, 1.807) is 7.11 Å². The van der Waals surface area contributed by atoms with Crippen LogP contribution in [0.25, 0.3) is 0 Å². The smallest absolute Gasteiger partial charge is 0.0589 e. The Hall–Kier alpha value is -0.120. The molecule has 0 aromatic carbocycles. The molecule has 3 heteroatoms. The first-order chi connectivity index (χ1) is 8.02. The summed E-state index contributed by atoms with van der Waals surface area (Å²) in [5, 5.41) is 3.61. The van der Waals surface area contributed by atoms with Crippen LogP contribution in [0.1, 0.15) is 47.5 Å². The molecule has 0 fully saturated rings. The summed E-state index contributed by atoms with van der Waals surface area (Å²) in [5.41, 5.74) is 0. The zero-order valence-corrected chi connectivity index (χ0v) is 12.6. The van der Waals surface area contributed by atoms with Crippen molar-refractivity contribution in [1.82, 2.24) is 10.2 Å². The largest absolute Gasteiger partial charge is 0.383 e. The maximum Gasteiger partial charge on any atom is 0.0589 e. The van der Waals surface area contributed by atoms with E-state index < -0.39 is 0 Å². The summed E-state index contributed by atoms with van der Waals surface area (Å²) in [4.78, 5) is 2.50. The van der Waals surface area contributed by atoms with Gasteiger partial charge in [0.25, 0.3) is 0 Å². The van der Waals surface area contributed by atoms with Crippen LogP contribution in [0.3, 0.4) is 0 Å². The Morgan fingerprint density at radius 1 is 1.18 bits per heavy atom. The van der Waals surface area contributed by atoms with Crippen LogP contribution in [0.2, 0.25) is 0 Å². The van der Waals surface area contributed by atoms with E-state index in [1.165, 1.54) is 12.8 Å². The van der Waals surface area contributed by atoms with Crippen molar-refractivity contribution < 1.29 is 4.74 Å². The Labute approximate surface area is 108 Å². The Bertz CT molecular complexity index is 174. The molecule has 0 aliphatic heterocycles. The fraction of sp³-hybridized carbons (Fsp3) is 1.00. The summed E-state index contributed by atoms with van der Waals surface area (Å²) in [5.74, 6) is 0. The van der Waals surface area contributed by atoms with Crippen LogP contribution in [0, 0.1) is 0 Å². The van der Waals surface area contributed by atoms with Gasteiger partial charge < -0.3 is 10.1 Å². The van der Waals surface area contributed by atoms with Crippen LogP contribution in [-0.4, -0.2) is 49.8 Å². The van der Waals surface area contributed by atoms with Crippen LogP contribution in [0.15, 0.2) is 0 Å². The quantitative estimate of drug-likeness (QED) is 0.639. The van der Waals surface area contributed by atoms with Crippen LogP contribution in [-0.2, 0) is 4.74 Å². The molecule has 0 bridgehead atoms. The lowest BCUT2D eigenvalue weighted by Crippen LogP contribution is -2.47. The summed E-state index contributed by atoms with van der Waals surface area (Å²) >= 11 is 0. The first-order valence-electron chi connectivity index (χ1n) is 7.00. The lowest BCUT2D eigenvalue weighted by molar-refractivity contribution is 0.0999. The molecule has 0 aliphatic rings. The maximum atomic E-state index is 5.17. The maximum absolute atomic E-state index is 5.17. The molecule has 2 unspecified atom stereocenters. The third kappa shape index (κ3) is 7.74. The first kappa shape index (κ1) is 16.9. The number of nitrogens with zero attached hydrogens (tertiary/aromatic N) is 1. The molecule has 0 rings (SSSR count). The van der Waals surface area contributed by atoms with Gasteiger partial charge in [0.2, 0.25) is 0 Å². The number of rotatable bonds is 10. The Morgan fingerprint density at radius 3 is 2.29 bits per heavy atom. The number of ether oxygens (including phenoxy) is 1. The second kappa shape index (κ2) is 9.86. The molecular formula is C14H32N2O. The van der Waals surface area contributed by atoms with Gasteiger partial charge in [-0.05, 0) is 34.1 Å². The lowest BCUT2D eigenvalue weighted by atomic mass is 10.1. The highest BCUT2D eigenvalue weighted by atomic mass is 16.5. The lowest BCUT2D eigenvalue weighted by Gasteiger charge is -2.33. The molecule has 0 aromatic rings. The second-order valence-corrected chi connectivity index (χ2v) is 5.27. The Morgan fingerprint density at radius 2 is 1.82 bits per heavy atom. The number of hydrogen-bond acceptors (Lipinski definition) is 3. The van der Waals surface area contributed by atoms with Gasteiger partial charge in [-0.3, -0.25) is 4.90 Å². The van der Waals surface area contributed by atoms with E-state index in [-0.39, 0.29) is 0 Å². The topological polar surface area (TPSA) is 24.5 Å². The van der Waals surface area contributed by atoms with Crippen molar-refractivity contribution in [2.24, 2.45) is 0 Å². The molecule has 0 saturated carbocycles. The highest BCUT2D eigenvalue weighted by Crippen LogP contribution is 2.05. The molecule has 0 spiro atoms. The van der Waals surface area contributed by atoms with Crippen LogP contribution < -0.4 is 5.32 Å². The van der Waals surface area contributed by atoms with Crippen molar-refractivity contribution >= 4 is 0 Å². The number of methoxy groups -OCH3 is 1. The predicted octanol–water partition coefficient (Wildman–Crippen LogP) is 2.51. The highest BCUT2D eigenvalue weighted by molar-refractivity contribution is 4.74. The zero-order valence-electron chi connectivity index (χ0n) is 12.6. The van der Waals surface area contributed by atoms with Crippen molar-refractivity contribution in [2.75, 3.05) is 26.8 Å². The van der Waals surface area contributed by atoms with Crippen molar-refractivity contribution in [3.63, 3.8) is 0 Å². The van der Waals surface area contributed by atoms with E-state index >= 15 is 0 Å². The molecule has 3 nitrogen and oxygen atoms in total.